The highest BCUT2D eigenvalue weighted by Gasteiger charge is 2.33. The minimum Gasteiger partial charge on any atom is -0.395 e. The van der Waals surface area contributed by atoms with Gasteiger partial charge in [0.2, 0.25) is 0 Å². The van der Waals surface area contributed by atoms with Crippen LogP contribution >= 0.6 is 11.8 Å². The van der Waals surface area contributed by atoms with Crippen molar-refractivity contribution >= 4 is 11.8 Å². The van der Waals surface area contributed by atoms with E-state index in [9.17, 15) is 5.11 Å². The van der Waals surface area contributed by atoms with Gasteiger partial charge < -0.3 is 10.4 Å². The highest BCUT2D eigenvalue weighted by Crippen LogP contribution is 2.42. The molecule has 1 aromatic carbocycles. The number of rotatable bonds is 3. The molecule has 0 bridgehead atoms. The summed E-state index contributed by atoms with van der Waals surface area (Å²) in [7, 11) is 0. The van der Waals surface area contributed by atoms with Crippen molar-refractivity contribution in [1.82, 2.24) is 10.2 Å². The Hall–Kier alpha value is -0.550. The molecule has 0 radical (unpaired) electrons. The highest BCUT2D eigenvalue weighted by molar-refractivity contribution is 7.99. The fourth-order valence-electron chi connectivity index (χ4n) is 3.02. The Morgan fingerprint density at radius 1 is 1.33 bits per heavy atom. The number of hydrogen-bond acceptors (Lipinski definition) is 4. The molecule has 3 nitrogen and oxygen atoms in total. The SMILES string of the molecule is OCC(C1CSc2ccccc21)N1CCNCC1. The fourth-order valence-corrected chi connectivity index (χ4v) is 4.34. The monoisotopic (exact) mass is 264 g/mol. The van der Waals surface area contributed by atoms with E-state index >= 15 is 0 Å². The van der Waals surface area contributed by atoms with Crippen LogP contribution in [0.25, 0.3) is 0 Å². The van der Waals surface area contributed by atoms with Gasteiger partial charge in [0.05, 0.1) is 6.61 Å². The number of benzene rings is 1. The summed E-state index contributed by atoms with van der Waals surface area (Å²) in [6.45, 7) is 4.44. The maximum atomic E-state index is 9.79. The van der Waals surface area contributed by atoms with E-state index in [-0.39, 0.29) is 12.6 Å². The van der Waals surface area contributed by atoms with Crippen molar-refractivity contribution in [2.45, 2.75) is 16.9 Å². The zero-order valence-electron chi connectivity index (χ0n) is 10.5. The Bertz CT molecular complexity index is 407. The van der Waals surface area contributed by atoms with Gasteiger partial charge in [-0.3, -0.25) is 4.90 Å². The Labute approximate surface area is 113 Å². The van der Waals surface area contributed by atoms with Crippen molar-refractivity contribution in [3.8, 4) is 0 Å². The number of fused-ring (bicyclic) bond motifs is 1. The molecule has 2 unspecified atom stereocenters. The predicted octanol–water partition coefficient (Wildman–Crippen LogP) is 1.14. The summed E-state index contributed by atoms with van der Waals surface area (Å²) < 4.78 is 0. The van der Waals surface area contributed by atoms with Crippen LogP contribution in [0, 0.1) is 0 Å². The van der Waals surface area contributed by atoms with Crippen LogP contribution in [0.3, 0.4) is 0 Å². The van der Waals surface area contributed by atoms with E-state index in [0.29, 0.717) is 5.92 Å². The van der Waals surface area contributed by atoms with Crippen LogP contribution in [0.5, 0.6) is 0 Å². The van der Waals surface area contributed by atoms with Gasteiger partial charge in [0.1, 0.15) is 0 Å². The number of nitrogens with zero attached hydrogens (tertiary/aromatic N) is 1. The molecule has 1 aromatic rings. The number of piperazine rings is 1. The van der Waals surface area contributed by atoms with Crippen molar-refractivity contribution in [2.75, 3.05) is 38.5 Å². The zero-order chi connectivity index (χ0) is 12.4. The Kier molecular flexibility index (Phi) is 3.89. The quantitative estimate of drug-likeness (QED) is 0.858. The molecule has 2 heterocycles. The van der Waals surface area contributed by atoms with Gasteiger partial charge >= 0.3 is 0 Å². The molecule has 3 rings (SSSR count). The third kappa shape index (κ3) is 2.30. The summed E-state index contributed by atoms with van der Waals surface area (Å²) in [6, 6.07) is 8.93. The second-order valence-corrected chi connectivity index (χ2v) is 6.05. The first kappa shape index (κ1) is 12.5. The third-order valence-corrected chi connectivity index (χ3v) is 5.22. The van der Waals surface area contributed by atoms with E-state index in [0.717, 1.165) is 31.9 Å². The van der Waals surface area contributed by atoms with Crippen molar-refractivity contribution < 1.29 is 5.11 Å². The standard InChI is InChI=1S/C14H20N2OS/c17-9-13(16-7-5-15-6-8-16)12-10-18-14-4-2-1-3-11(12)14/h1-4,12-13,15,17H,5-10H2. The van der Waals surface area contributed by atoms with Crippen LogP contribution in [0.2, 0.25) is 0 Å². The molecule has 0 amide bonds. The molecule has 0 aliphatic carbocycles. The molecular weight excluding hydrogens is 244 g/mol. The first-order valence-electron chi connectivity index (χ1n) is 6.67. The van der Waals surface area contributed by atoms with Crippen molar-refractivity contribution in [3.63, 3.8) is 0 Å². The molecule has 18 heavy (non-hydrogen) atoms. The van der Waals surface area contributed by atoms with E-state index in [1.165, 1.54) is 10.5 Å². The first-order valence-corrected chi connectivity index (χ1v) is 7.66. The molecule has 0 spiro atoms. The van der Waals surface area contributed by atoms with E-state index < -0.39 is 0 Å². The number of nitrogens with one attached hydrogen (secondary N) is 1. The van der Waals surface area contributed by atoms with Crippen molar-refractivity contribution in [2.24, 2.45) is 0 Å². The first-order chi connectivity index (χ1) is 8.90. The smallest absolute Gasteiger partial charge is 0.0593 e. The molecule has 1 saturated heterocycles. The lowest BCUT2D eigenvalue weighted by Crippen LogP contribution is -2.51. The van der Waals surface area contributed by atoms with Crippen LogP contribution in [0.4, 0.5) is 0 Å². The van der Waals surface area contributed by atoms with E-state index in [1.807, 2.05) is 11.8 Å². The van der Waals surface area contributed by atoms with Crippen LogP contribution in [0.1, 0.15) is 11.5 Å². The minimum absolute atomic E-state index is 0.263. The molecule has 0 aromatic heterocycles. The summed E-state index contributed by atoms with van der Waals surface area (Å²) in [4.78, 5) is 3.85. The van der Waals surface area contributed by atoms with E-state index in [2.05, 4.69) is 34.5 Å². The van der Waals surface area contributed by atoms with Crippen LogP contribution in [0.15, 0.2) is 29.2 Å². The fraction of sp³-hybridized carbons (Fsp3) is 0.571. The molecule has 2 atom stereocenters. The van der Waals surface area contributed by atoms with Gasteiger partial charge in [0, 0.05) is 48.8 Å². The van der Waals surface area contributed by atoms with E-state index in [4.69, 9.17) is 0 Å². The summed E-state index contributed by atoms with van der Waals surface area (Å²) in [5.74, 6) is 1.59. The highest BCUT2D eigenvalue weighted by atomic mass is 32.2. The van der Waals surface area contributed by atoms with Crippen LogP contribution in [-0.2, 0) is 0 Å². The molecule has 2 aliphatic heterocycles. The number of aliphatic hydroxyl groups excluding tert-OH is 1. The summed E-state index contributed by atoms with van der Waals surface area (Å²) in [5, 5.41) is 13.2. The maximum absolute atomic E-state index is 9.79. The summed E-state index contributed by atoms with van der Waals surface area (Å²) in [5.41, 5.74) is 1.43. The molecule has 2 N–H and O–H groups in total. The van der Waals surface area contributed by atoms with Crippen molar-refractivity contribution in [3.05, 3.63) is 29.8 Å². The van der Waals surface area contributed by atoms with Gasteiger partial charge in [-0.1, -0.05) is 18.2 Å². The molecule has 2 aliphatic rings. The van der Waals surface area contributed by atoms with Gasteiger partial charge in [-0.2, -0.15) is 0 Å². The lowest BCUT2D eigenvalue weighted by atomic mass is 9.92. The molecule has 98 valence electrons. The summed E-state index contributed by atoms with van der Waals surface area (Å²) in [6.07, 6.45) is 0. The average molecular weight is 264 g/mol. The molecule has 4 heteroatoms. The molecule has 0 saturated carbocycles. The van der Waals surface area contributed by atoms with Gasteiger partial charge in [-0.05, 0) is 11.6 Å². The maximum Gasteiger partial charge on any atom is 0.0593 e. The Morgan fingerprint density at radius 2 is 2.11 bits per heavy atom. The van der Waals surface area contributed by atoms with Gasteiger partial charge in [-0.15, -0.1) is 11.8 Å². The molecular formula is C14H20N2OS. The third-order valence-electron chi connectivity index (χ3n) is 4.01. The summed E-state index contributed by atoms with van der Waals surface area (Å²) >= 11 is 1.93. The number of aliphatic hydroxyl groups is 1. The average Bonchev–Trinajstić information content (AvgIpc) is 2.85. The van der Waals surface area contributed by atoms with Gasteiger partial charge in [0.15, 0.2) is 0 Å². The number of hydrogen-bond donors (Lipinski definition) is 2. The normalized spacial score (nSPS) is 25.9. The zero-order valence-corrected chi connectivity index (χ0v) is 11.3. The minimum atomic E-state index is 0.263. The second kappa shape index (κ2) is 5.61. The Balaban J connectivity index is 1.80. The van der Waals surface area contributed by atoms with Crippen molar-refractivity contribution in [1.29, 1.82) is 0 Å². The predicted molar refractivity (Wildman–Crippen MR) is 75.2 cm³/mol. The molecule has 1 fully saturated rings. The van der Waals surface area contributed by atoms with Gasteiger partial charge in [-0.25, -0.2) is 0 Å². The largest absolute Gasteiger partial charge is 0.395 e. The second-order valence-electron chi connectivity index (χ2n) is 4.99. The topological polar surface area (TPSA) is 35.5 Å². The Morgan fingerprint density at radius 3 is 2.89 bits per heavy atom. The van der Waals surface area contributed by atoms with Crippen LogP contribution < -0.4 is 5.32 Å². The van der Waals surface area contributed by atoms with Crippen LogP contribution in [-0.4, -0.2) is 54.6 Å². The number of thioether (sulfide) groups is 1. The lowest BCUT2D eigenvalue weighted by Gasteiger charge is -2.37. The lowest BCUT2D eigenvalue weighted by molar-refractivity contribution is 0.0964. The van der Waals surface area contributed by atoms with Gasteiger partial charge in [0.25, 0.3) is 0 Å². The van der Waals surface area contributed by atoms with E-state index in [1.54, 1.807) is 0 Å².